The number of hydrogen-bond acceptors (Lipinski definition) is 3. The van der Waals surface area contributed by atoms with Crippen LogP contribution in [0.15, 0.2) is 12.4 Å². The molecule has 1 N–H and O–H groups in total. The van der Waals surface area contributed by atoms with Gasteiger partial charge in [0.05, 0.1) is 6.10 Å². The van der Waals surface area contributed by atoms with Crippen LogP contribution in [0.3, 0.4) is 0 Å². The Hall–Kier alpha value is -0.670. The smallest absolute Gasteiger partial charge is 0.222 e. The molecule has 0 aromatic carbocycles. The maximum Gasteiger partial charge on any atom is 0.222 e. The highest BCUT2D eigenvalue weighted by molar-refractivity contribution is 6.28. The Balaban J connectivity index is 2.89. The van der Waals surface area contributed by atoms with E-state index >= 15 is 0 Å². The molecular weight excluding hydrogens is 152 g/mol. The maximum atomic E-state index is 8.99. The first kappa shape index (κ1) is 7.44. The van der Waals surface area contributed by atoms with Crippen molar-refractivity contribution in [2.75, 3.05) is 0 Å². The average molecular weight is 159 g/mol. The highest BCUT2D eigenvalue weighted by Crippen LogP contribution is 2.09. The van der Waals surface area contributed by atoms with E-state index in [1.807, 2.05) is 0 Å². The minimum atomic E-state index is -0.530. The van der Waals surface area contributed by atoms with Crippen LogP contribution in [0.1, 0.15) is 18.6 Å². The second-order valence-electron chi connectivity index (χ2n) is 1.96. The molecule has 54 valence electrons. The largest absolute Gasteiger partial charge is 0.389 e. The number of halogens is 1. The fourth-order valence-electron chi connectivity index (χ4n) is 0.538. The van der Waals surface area contributed by atoms with Crippen LogP contribution in [0.4, 0.5) is 0 Å². The van der Waals surface area contributed by atoms with Crippen LogP contribution in [0.25, 0.3) is 0 Å². The van der Waals surface area contributed by atoms with E-state index in [2.05, 4.69) is 9.97 Å². The molecule has 0 saturated heterocycles. The van der Waals surface area contributed by atoms with Gasteiger partial charge < -0.3 is 5.11 Å². The molecule has 0 aliphatic rings. The average Bonchev–Trinajstić information content (AvgIpc) is 1.88. The first-order valence-corrected chi connectivity index (χ1v) is 3.23. The molecular formula is C6H7ClN2O. The summed E-state index contributed by atoms with van der Waals surface area (Å²) in [7, 11) is 0. The van der Waals surface area contributed by atoms with E-state index in [1.165, 1.54) is 12.4 Å². The van der Waals surface area contributed by atoms with Crippen LogP contribution in [0, 0.1) is 0 Å². The van der Waals surface area contributed by atoms with Gasteiger partial charge in [-0.25, -0.2) is 9.97 Å². The van der Waals surface area contributed by atoms with Crippen molar-refractivity contribution in [2.24, 2.45) is 0 Å². The Morgan fingerprint density at radius 2 is 2.00 bits per heavy atom. The van der Waals surface area contributed by atoms with E-state index in [4.69, 9.17) is 16.7 Å². The third-order valence-electron chi connectivity index (χ3n) is 1.12. The highest BCUT2D eigenvalue weighted by Gasteiger charge is 1.99. The summed E-state index contributed by atoms with van der Waals surface area (Å²) in [5.74, 6) is 0. The van der Waals surface area contributed by atoms with Gasteiger partial charge in [0.25, 0.3) is 0 Å². The standard InChI is InChI=1S/C6H7ClN2O/c1-4(10)5-2-8-6(7)9-3-5/h2-4,10H,1H3/t4-/m0/s1. The third-order valence-corrected chi connectivity index (χ3v) is 1.32. The number of nitrogens with zero attached hydrogens (tertiary/aromatic N) is 2. The molecule has 0 bridgehead atoms. The predicted octanol–water partition coefficient (Wildman–Crippen LogP) is 1.18. The molecule has 0 amide bonds. The Morgan fingerprint density at radius 3 is 2.40 bits per heavy atom. The van der Waals surface area contributed by atoms with Crippen LogP contribution < -0.4 is 0 Å². The van der Waals surface area contributed by atoms with Gasteiger partial charge in [-0.1, -0.05) is 0 Å². The molecule has 0 saturated carbocycles. The molecule has 0 radical (unpaired) electrons. The van der Waals surface area contributed by atoms with Crippen molar-refractivity contribution in [1.82, 2.24) is 9.97 Å². The number of rotatable bonds is 1. The van der Waals surface area contributed by atoms with Crippen molar-refractivity contribution in [1.29, 1.82) is 0 Å². The van der Waals surface area contributed by atoms with Crippen molar-refractivity contribution in [3.63, 3.8) is 0 Å². The molecule has 0 unspecified atom stereocenters. The van der Waals surface area contributed by atoms with Crippen molar-refractivity contribution in [3.8, 4) is 0 Å². The van der Waals surface area contributed by atoms with Crippen LogP contribution in [0.2, 0.25) is 5.28 Å². The van der Waals surface area contributed by atoms with Gasteiger partial charge in [-0.3, -0.25) is 0 Å². The molecule has 1 aromatic heterocycles. The zero-order valence-electron chi connectivity index (χ0n) is 5.45. The van der Waals surface area contributed by atoms with Crippen molar-refractivity contribution >= 4 is 11.6 Å². The molecule has 0 spiro atoms. The van der Waals surface area contributed by atoms with Gasteiger partial charge >= 0.3 is 0 Å². The SMILES string of the molecule is C[C@H](O)c1cnc(Cl)nc1. The van der Waals surface area contributed by atoms with E-state index in [0.29, 0.717) is 5.56 Å². The summed E-state index contributed by atoms with van der Waals surface area (Å²) in [5, 5.41) is 9.19. The summed E-state index contributed by atoms with van der Waals surface area (Å²) in [6.45, 7) is 1.65. The first-order chi connectivity index (χ1) is 4.70. The van der Waals surface area contributed by atoms with E-state index in [1.54, 1.807) is 6.92 Å². The molecule has 3 nitrogen and oxygen atoms in total. The lowest BCUT2D eigenvalue weighted by molar-refractivity contribution is 0.198. The van der Waals surface area contributed by atoms with E-state index in [9.17, 15) is 0 Å². The van der Waals surface area contributed by atoms with Crippen molar-refractivity contribution in [3.05, 3.63) is 23.2 Å². The lowest BCUT2D eigenvalue weighted by Crippen LogP contribution is -1.93. The Labute approximate surface area is 63.7 Å². The number of hydrogen-bond donors (Lipinski definition) is 1. The third kappa shape index (κ3) is 1.65. The van der Waals surface area contributed by atoms with Gasteiger partial charge in [0.1, 0.15) is 0 Å². The van der Waals surface area contributed by atoms with Crippen LogP contribution >= 0.6 is 11.6 Å². The normalized spacial score (nSPS) is 13.1. The van der Waals surface area contributed by atoms with Gasteiger partial charge in [-0.2, -0.15) is 0 Å². The zero-order valence-corrected chi connectivity index (χ0v) is 6.21. The van der Waals surface area contributed by atoms with E-state index in [-0.39, 0.29) is 5.28 Å². The van der Waals surface area contributed by atoms with Crippen LogP contribution in [-0.2, 0) is 0 Å². The summed E-state index contributed by atoms with van der Waals surface area (Å²) in [6.07, 6.45) is 2.47. The van der Waals surface area contributed by atoms with Crippen molar-refractivity contribution in [2.45, 2.75) is 13.0 Å². The van der Waals surface area contributed by atoms with Gasteiger partial charge in [0.15, 0.2) is 0 Å². The Bertz CT molecular complexity index is 209. The topological polar surface area (TPSA) is 46.0 Å². The predicted molar refractivity (Wildman–Crippen MR) is 37.7 cm³/mol. The molecule has 1 aromatic rings. The quantitative estimate of drug-likeness (QED) is 0.625. The molecule has 1 atom stereocenters. The lowest BCUT2D eigenvalue weighted by atomic mass is 10.2. The Morgan fingerprint density at radius 1 is 1.50 bits per heavy atom. The molecule has 10 heavy (non-hydrogen) atoms. The number of aliphatic hydroxyl groups is 1. The van der Waals surface area contributed by atoms with E-state index < -0.39 is 6.10 Å². The summed E-state index contributed by atoms with van der Waals surface area (Å²) in [5.41, 5.74) is 0.671. The lowest BCUT2D eigenvalue weighted by Gasteiger charge is -2.00. The maximum absolute atomic E-state index is 8.99. The monoisotopic (exact) mass is 158 g/mol. The van der Waals surface area contributed by atoms with Gasteiger partial charge in [0, 0.05) is 18.0 Å². The van der Waals surface area contributed by atoms with Crippen molar-refractivity contribution < 1.29 is 5.11 Å². The fraction of sp³-hybridized carbons (Fsp3) is 0.333. The molecule has 1 rings (SSSR count). The van der Waals surface area contributed by atoms with Gasteiger partial charge in [-0.05, 0) is 18.5 Å². The molecule has 1 heterocycles. The summed E-state index contributed by atoms with van der Waals surface area (Å²) in [4.78, 5) is 7.39. The van der Waals surface area contributed by atoms with Crippen LogP contribution in [0.5, 0.6) is 0 Å². The Kier molecular flexibility index (Phi) is 2.19. The van der Waals surface area contributed by atoms with Crippen LogP contribution in [-0.4, -0.2) is 15.1 Å². The highest BCUT2D eigenvalue weighted by atomic mass is 35.5. The second kappa shape index (κ2) is 2.94. The first-order valence-electron chi connectivity index (χ1n) is 2.85. The minimum Gasteiger partial charge on any atom is -0.389 e. The zero-order chi connectivity index (χ0) is 7.56. The second-order valence-corrected chi connectivity index (χ2v) is 2.30. The molecule has 4 heteroatoms. The molecule has 0 aliphatic carbocycles. The summed E-state index contributed by atoms with van der Waals surface area (Å²) < 4.78 is 0. The summed E-state index contributed by atoms with van der Waals surface area (Å²) >= 11 is 5.41. The number of aromatic nitrogens is 2. The van der Waals surface area contributed by atoms with Gasteiger partial charge in [-0.15, -0.1) is 0 Å². The molecule has 0 fully saturated rings. The van der Waals surface area contributed by atoms with Gasteiger partial charge in [0.2, 0.25) is 5.28 Å². The minimum absolute atomic E-state index is 0.199. The van der Waals surface area contributed by atoms with E-state index in [0.717, 1.165) is 0 Å². The number of aliphatic hydroxyl groups excluding tert-OH is 1. The molecule has 0 aliphatic heterocycles. The summed E-state index contributed by atoms with van der Waals surface area (Å²) in [6, 6.07) is 0. The fourth-order valence-corrected chi connectivity index (χ4v) is 0.636.